The molecule has 82 valence electrons. The van der Waals surface area contributed by atoms with Gasteiger partial charge >= 0.3 is 5.97 Å². The van der Waals surface area contributed by atoms with Crippen molar-refractivity contribution < 1.29 is 19.4 Å². The smallest absolute Gasteiger partial charge is 0.329 e. The predicted octanol–water partition coefficient (Wildman–Crippen LogP) is -0.290. The van der Waals surface area contributed by atoms with E-state index < -0.39 is 18.1 Å². The lowest BCUT2D eigenvalue weighted by Crippen LogP contribution is -2.56. The first kappa shape index (κ1) is 11.5. The van der Waals surface area contributed by atoms with E-state index in [1.54, 1.807) is 6.92 Å². The number of hydrogen-bond donors (Lipinski definition) is 1. The summed E-state index contributed by atoms with van der Waals surface area (Å²) in [7, 11) is 0. The van der Waals surface area contributed by atoms with Crippen molar-refractivity contribution in [1.82, 2.24) is 4.90 Å². The number of aliphatic carboxylic acids is 1. The second kappa shape index (κ2) is 4.80. The minimum Gasteiger partial charge on any atom is -0.480 e. The van der Waals surface area contributed by atoms with Crippen molar-refractivity contribution in [2.45, 2.75) is 25.5 Å². The molecule has 0 aromatic carbocycles. The molecule has 0 aromatic rings. The Morgan fingerprint density at radius 1 is 1.67 bits per heavy atom. The highest BCUT2D eigenvalue weighted by Gasteiger charge is 2.37. The largest absolute Gasteiger partial charge is 0.480 e. The molecule has 1 aliphatic heterocycles. The highest BCUT2D eigenvalue weighted by atomic mass is 16.5. The molecule has 1 rings (SSSR count). The van der Waals surface area contributed by atoms with E-state index >= 15 is 0 Å². The third kappa shape index (κ3) is 2.48. The molecule has 1 heterocycles. The zero-order valence-corrected chi connectivity index (χ0v) is 8.47. The first-order valence-corrected chi connectivity index (χ1v) is 4.65. The van der Waals surface area contributed by atoms with Gasteiger partial charge in [0, 0.05) is 6.54 Å². The molecule has 2 unspecified atom stereocenters. The van der Waals surface area contributed by atoms with Crippen molar-refractivity contribution in [2.75, 3.05) is 13.2 Å². The number of carbonyl (C=O) groups excluding carboxylic acids is 1. The Hall–Kier alpha value is -1.54. The van der Waals surface area contributed by atoms with Crippen LogP contribution in [0.1, 0.15) is 13.3 Å². The summed E-state index contributed by atoms with van der Waals surface area (Å²) in [5, 5.41) is 8.97. The minimum atomic E-state index is -1.06. The highest BCUT2D eigenvalue weighted by molar-refractivity contribution is 5.85. The number of morpholine rings is 1. The lowest BCUT2D eigenvalue weighted by molar-refractivity contribution is -0.164. The Labute approximate surface area is 88.0 Å². The summed E-state index contributed by atoms with van der Waals surface area (Å²) in [5.41, 5.74) is 0. The van der Waals surface area contributed by atoms with Gasteiger partial charge in [-0.1, -0.05) is 5.92 Å². The second-order valence-corrected chi connectivity index (χ2v) is 3.33. The van der Waals surface area contributed by atoms with E-state index in [9.17, 15) is 9.59 Å². The molecule has 1 N–H and O–H groups in total. The summed E-state index contributed by atoms with van der Waals surface area (Å²) >= 11 is 0. The van der Waals surface area contributed by atoms with Crippen molar-refractivity contribution in [3.63, 3.8) is 0 Å². The molecule has 1 fully saturated rings. The van der Waals surface area contributed by atoms with Crippen molar-refractivity contribution >= 4 is 11.9 Å². The molecule has 0 spiro atoms. The van der Waals surface area contributed by atoms with Crippen molar-refractivity contribution in [3.05, 3.63) is 0 Å². The van der Waals surface area contributed by atoms with Crippen LogP contribution < -0.4 is 0 Å². The van der Waals surface area contributed by atoms with Gasteiger partial charge in [-0.25, -0.2) is 4.79 Å². The number of rotatable bonds is 2. The van der Waals surface area contributed by atoms with Crippen LogP contribution in [-0.2, 0) is 14.3 Å². The monoisotopic (exact) mass is 211 g/mol. The summed E-state index contributed by atoms with van der Waals surface area (Å²) in [5.74, 6) is 0.818. The zero-order valence-electron chi connectivity index (χ0n) is 8.47. The molecule has 0 aliphatic carbocycles. The van der Waals surface area contributed by atoms with Crippen LogP contribution in [0, 0.1) is 12.3 Å². The molecule has 0 radical (unpaired) electrons. The number of hydrogen-bond acceptors (Lipinski definition) is 3. The number of terminal acetylenes is 1. The first-order valence-electron chi connectivity index (χ1n) is 4.65. The second-order valence-electron chi connectivity index (χ2n) is 3.33. The van der Waals surface area contributed by atoms with Gasteiger partial charge in [-0.15, -0.1) is 6.42 Å². The number of amides is 1. The Kier molecular flexibility index (Phi) is 3.69. The van der Waals surface area contributed by atoms with Gasteiger partial charge < -0.3 is 14.7 Å². The average molecular weight is 211 g/mol. The van der Waals surface area contributed by atoms with E-state index in [0.717, 1.165) is 0 Å². The van der Waals surface area contributed by atoms with Gasteiger partial charge in [0.2, 0.25) is 5.91 Å². The normalized spacial score (nSPS) is 25.7. The van der Waals surface area contributed by atoms with E-state index in [2.05, 4.69) is 5.92 Å². The fourth-order valence-corrected chi connectivity index (χ4v) is 1.62. The van der Waals surface area contributed by atoms with Gasteiger partial charge in [0.25, 0.3) is 0 Å². The maximum atomic E-state index is 11.5. The SMILES string of the molecule is C#CCC(=O)N1CCOC(C)C1C(=O)O. The minimum absolute atomic E-state index is 0.0729. The Morgan fingerprint density at radius 2 is 2.33 bits per heavy atom. The molecule has 0 saturated carbocycles. The Morgan fingerprint density at radius 3 is 2.87 bits per heavy atom. The molecule has 15 heavy (non-hydrogen) atoms. The summed E-state index contributed by atoms with van der Waals surface area (Å²) in [4.78, 5) is 23.8. The summed E-state index contributed by atoms with van der Waals surface area (Å²) < 4.78 is 5.18. The molecule has 5 heteroatoms. The standard InChI is InChI=1S/C10H13NO4/c1-3-4-8(12)11-5-6-15-7(2)9(11)10(13)14/h1,7,9H,4-6H2,2H3,(H,13,14). The molecule has 2 atom stereocenters. The zero-order chi connectivity index (χ0) is 11.4. The molecule has 1 saturated heterocycles. The van der Waals surface area contributed by atoms with E-state index in [-0.39, 0.29) is 18.9 Å². The lowest BCUT2D eigenvalue weighted by Gasteiger charge is -2.36. The van der Waals surface area contributed by atoms with Gasteiger partial charge in [-0.2, -0.15) is 0 Å². The van der Waals surface area contributed by atoms with Crippen molar-refractivity contribution in [1.29, 1.82) is 0 Å². The van der Waals surface area contributed by atoms with Gasteiger partial charge in [0.15, 0.2) is 6.04 Å². The van der Waals surface area contributed by atoms with E-state index in [0.29, 0.717) is 6.61 Å². The highest BCUT2D eigenvalue weighted by Crippen LogP contribution is 2.15. The number of carboxylic acids is 1. The van der Waals surface area contributed by atoms with Gasteiger partial charge in [-0.05, 0) is 6.92 Å². The Bertz CT molecular complexity index is 307. The maximum absolute atomic E-state index is 11.5. The summed E-state index contributed by atoms with van der Waals surface area (Å²) in [6.07, 6.45) is 4.44. The van der Waals surface area contributed by atoms with Crippen LogP contribution >= 0.6 is 0 Å². The Balaban J connectivity index is 2.80. The molecule has 5 nitrogen and oxygen atoms in total. The van der Waals surface area contributed by atoms with Crippen molar-refractivity contribution in [3.8, 4) is 12.3 Å². The average Bonchev–Trinajstić information content (AvgIpc) is 2.17. The van der Waals surface area contributed by atoms with Crippen LogP contribution in [0.15, 0.2) is 0 Å². The molecule has 1 aliphatic rings. The van der Waals surface area contributed by atoms with E-state index in [4.69, 9.17) is 16.3 Å². The number of ether oxygens (including phenoxy) is 1. The third-order valence-electron chi connectivity index (χ3n) is 2.32. The van der Waals surface area contributed by atoms with Crippen LogP contribution in [0.25, 0.3) is 0 Å². The van der Waals surface area contributed by atoms with E-state index in [1.807, 2.05) is 0 Å². The van der Waals surface area contributed by atoms with E-state index in [1.165, 1.54) is 4.90 Å². The van der Waals surface area contributed by atoms with Crippen LogP contribution in [0.5, 0.6) is 0 Å². The summed E-state index contributed by atoms with van der Waals surface area (Å²) in [6, 6.07) is -0.931. The molecule has 1 amide bonds. The van der Waals surface area contributed by atoms with Gasteiger partial charge in [0.1, 0.15) is 0 Å². The molecular weight excluding hydrogens is 198 g/mol. The van der Waals surface area contributed by atoms with Crippen molar-refractivity contribution in [2.24, 2.45) is 0 Å². The van der Waals surface area contributed by atoms with Gasteiger partial charge in [0.05, 0.1) is 19.1 Å². The van der Waals surface area contributed by atoms with Crippen LogP contribution in [0.4, 0.5) is 0 Å². The number of nitrogens with zero attached hydrogens (tertiary/aromatic N) is 1. The molecule has 0 aromatic heterocycles. The van der Waals surface area contributed by atoms with Crippen LogP contribution in [0.3, 0.4) is 0 Å². The first-order chi connectivity index (χ1) is 7.07. The van der Waals surface area contributed by atoms with Gasteiger partial charge in [-0.3, -0.25) is 4.79 Å². The fourth-order valence-electron chi connectivity index (χ4n) is 1.62. The van der Waals surface area contributed by atoms with Crippen LogP contribution in [0.2, 0.25) is 0 Å². The summed E-state index contributed by atoms with van der Waals surface area (Å²) in [6.45, 7) is 2.26. The topological polar surface area (TPSA) is 66.8 Å². The lowest BCUT2D eigenvalue weighted by atomic mass is 10.1. The number of carboxylic acid groups (broad SMARTS) is 1. The maximum Gasteiger partial charge on any atom is 0.329 e. The fraction of sp³-hybridized carbons (Fsp3) is 0.600. The molecule has 0 bridgehead atoms. The van der Waals surface area contributed by atoms with Crippen LogP contribution in [-0.4, -0.2) is 47.2 Å². The molecular formula is C10H13NO4. The number of carbonyl (C=O) groups is 2. The predicted molar refractivity (Wildman–Crippen MR) is 52.0 cm³/mol. The quantitative estimate of drug-likeness (QED) is 0.637. The third-order valence-corrected chi connectivity index (χ3v) is 2.32.